The first-order valence-corrected chi connectivity index (χ1v) is 6.84. The number of aromatic nitrogens is 2. The van der Waals surface area contributed by atoms with Crippen LogP contribution in [0.2, 0.25) is 0 Å². The lowest BCUT2D eigenvalue weighted by atomic mass is 9.90. The first kappa shape index (κ1) is 12.8. The highest BCUT2D eigenvalue weighted by Gasteiger charge is 2.13. The first-order chi connectivity index (χ1) is 9.63. The molecule has 1 aromatic carbocycles. The number of nitrogens with zero attached hydrogens (tertiary/aromatic N) is 2. The molecule has 1 aliphatic carbocycles. The lowest BCUT2D eigenvalue weighted by Crippen LogP contribution is -2.07. The predicted octanol–water partition coefficient (Wildman–Crippen LogP) is 3.03. The molecule has 4 heteroatoms. The lowest BCUT2D eigenvalue weighted by molar-refractivity contribution is 0.0683. The number of carboxylic acid groups (broad SMARTS) is 1. The third kappa shape index (κ3) is 2.41. The average Bonchev–Trinajstić information content (AvgIpc) is 2.46. The van der Waals surface area contributed by atoms with E-state index in [0.29, 0.717) is 11.4 Å². The van der Waals surface area contributed by atoms with Gasteiger partial charge in [-0.15, -0.1) is 0 Å². The van der Waals surface area contributed by atoms with Crippen LogP contribution in [0.3, 0.4) is 0 Å². The smallest absolute Gasteiger partial charge is 0.373 e. The number of carbonyl (C=O) groups is 1. The SMILES string of the molecule is Cc1cc(-c2ccc3c(c2)CCCC3)nc(C(=O)O)n1. The summed E-state index contributed by atoms with van der Waals surface area (Å²) in [5, 5.41) is 9.05. The molecule has 20 heavy (non-hydrogen) atoms. The zero-order valence-corrected chi connectivity index (χ0v) is 11.4. The third-order valence-corrected chi connectivity index (χ3v) is 3.69. The van der Waals surface area contributed by atoms with Crippen LogP contribution in [0.25, 0.3) is 11.3 Å². The van der Waals surface area contributed by atoms with Crippen molar-refractivity contribution >= 4 is 5.97 Å². The zero-order chi connectivity index (χ0) is 14.1. The number of hydrogen-bond donors (Lipinski definition) is 1. The van der Waals surface area contributed by atoms with Crippen molar-refractivity contribution in [3.63, 3.8) is 0 Å². The molecule has 0 bridgehead atoms. The van der Waals surface area contributed by atoms with E-state index in [1.165, 1.54) is 24.0 Å². The van der Waals surface area contributed by atoms with E-state index in [4.69, 9.17) is 5.11 Å². The maximum absolute atomic E-state index is 11.0. The van der Waals surface area contributed by atoms with Gasteiger partial charge in [0.25, 0.3) is 0 Å². The largest absolute Gasteiger partial charge is 0.475 e. The summed E-state index contributed by atoms with van der Waals surface area (Å²) < 4.78 is 0. The van der Waals surface area contributed by atoms with Gasteiger partial charge in [-0.25, -0.2) is 14.8 Å². The van der Waals surface area contributed by atoms with Crippen molar-refractivity contribution in [3.8, 4) is 11.3 Å². The van der Waals surface area contributed by atoms with E-state index in [0.717, 1.165) is 18.4 Å². The minimum absolute atomic E-state index is 0.141. The fourth-order valence-electron chi connectivity index (χ4n) is 2.70. The number of aryl methyl sites for hydroxylation is 3. The summed E-state index contributed by atoms with van der Waals surface area (Å²) in [5.41, 5.74) is 5.10. The molecule has 0 unspecified atom stereocenters. The normalized spacial score (nSPS) is 13.8. The van der Waals surface area contributed by atoms with Gasteiger partial charge in [0, 0.05) is 11.3 Å². The Labute approximate surface area is 117 Å². The molecule has 1 N–H and O–H groups in total. The van der Waals surface area contributed by atoms with Gasteiger partial charge in [0.2, 0.25) is 5.82 Å². The maximum Gasteiger partial charge on any atom is 0.373 e. The first-order valence-electron chi connectivity index (χ1n) is 6.84. The van der Waals surface area contributed by atoms with Gasteiger partial charge in [0.1, 0.15) is 0 Å². The molecule has 0 atom stereocenters. The van der Waals surface area contributed by atoms with E-state index in [1.54, 1.807) is 6.92 Å². The van der Waals surface area contributed by atoms with E-state index in [2.05, 4.69) is 22.1 Å². The van der Waals surface area contributed by atoms with E-state index in [9.17, 15) is 4.79 Å². The second kappa shape index (κ2) is 5.04. The number of aromatic carboxylic acids is 1. The monoisotopic (exact) mass is 268 g/mol. The van der Waals surface area contributed by atoms with E-state index in [1.807, 2.05) is 12.1 Å². The molecule has 0 aliphatic heterocycles. The molecule has 1 aromatic heterocycles. The molecule has 0 saturated heterocycles. The average molecular weight is 268 g/mol. The Morgan fingerprint density at radius 2 is 1.85 bits per heavy atom. The number of benzene rings is 1. The van der Waals surface area contributed by atoms with Gasteiger partial charge >= 0.3 is 5.97 Å². The Morgan fingerprint density at radius 1 is 1.10 bits per heavy atom. The van der Waals surface area contributed by atoms with Crippen LogP contribution in [0.5, 0.6) is 0 Å². The molecule has 1 aliphatic rings. The molecule has 0 saturated carbocycles. The fourth-order valence-corrected chi connectivity index (χ4v) is 2.70. The Hall–Kier alpha value is -2.23. The molecule has 3 rings (SSSR count). The third-order valence-electron chi connectivity index (χ3n) is 3.69. The van der Waals surface area contributed by atoms with Crippen LogP contribution >= 0.6 is 0 Å². The van der Waals surface area contributed by atoms with Crippen molar-refractivity contribution in [2.45, 2.75) is 32.6 Å². The van der Waals surface area contributed by atoms with Gasteiger partial charge in [-0.2, -0.15) is 0 Å². The zero-order valence-electron chi connectivity index (χ0n) is 11.4. The maximum atomic E-state index is 11.0. The quantitative estimate of drug-likeness (QED) is 0.909. The highest BCUT2D eigenvalue weighted by atomic mass is 16.4. The van der Waals surface area contributed by atoms with Crippen molar-refractivity contribution in [3.05, 3.63) is 46.9 Å². The van der Waals surface area contributed by atoms with Crippen LogP contribution in [0.15, 0.2) is 24.3 Å². The second-order valence-corrected chi connectivity index (χ2v) is 5.21. The number of fused-ring (bicyclic) bond motifs is 1. The van der Waals surface area contributed by atoms with Crippen LogP contribution in [-0.2, 0) is 12.8 Å². The Balaban J connectivity index is 2.06. The Bertz CT molecular complexity index is 680. The van der Waals surface area contributed by atoms with Gasteiger partial charge in [-0.1, -0.05) is 12.1 Å². The van der Waals surface area contributed by atoms with Gasteiger partial charge < -0.3 is 5.11 Å². The van der Waals surface area contributed by atoms with Crippen molar-refractivity contribution in [1.82, 2.24) is 9.97 Å². The fraction of sp³-hybridized carbons (Fsp3) is 0.312. The summed E-state index contributed by atoms with van der Waals surface area (Å²) >= 11 is 0. The van der Waals surface area contributed by atoms with Crippen LogP contribution < -0.4 is 0 Å². The van der Waals surface area contributed by atoms with E-state index in [-0.39, 0.29) is 5.82 Å². The molecule has 1 heterocycles. The van der Waals surface area contributed by atoms with Crippen molar-refractivity contribution in [1.29, 1.82) is 0 Å². The molecule has 0 radical (unpaired) electrons. The van der Waals surface area contributed by atoms with E-state index < -0.39 is 5.97 Å². The van der Waals surface area contributed by atoms with Crippen molar-refractivity contribution in [2.24, 2.45) is 0 Å². The summed E-state index contributed by atoms with van der Waals surface area (Å²) in [6.45, 7) is 1.79. The molecule has 102 valence electrons. The molecular formula is C16H16N2O2. The minimum Gasteiger partial charge on any atom is -0.475 e. The molecule has 2 aromatic rings. The summed E-state index contributed by atoms with van der Waals surface area (Å²) in [6, 6.07) is 8.14. The predicted molar refractivity (Wildman–Crippen MR) is 75.8 cm³/mol. The highest BCUT2D eigenvalue weighted by molar-refractivity contribution is 5.84. The molecule has 0 fully saturated rings. The molecular weight excluding hydrogens is 252 g/mol. The number of carboxylic acids is 1. The van der Waals surface area contributed by atoms with Crippen molar-refractivity contribution in [2.75, 3.05) is 0 Å². The number of hydrogen-bond acceptors (Lipinski definition) is 3. The molecule has 4 nitrogen and oxygen atoms in total. The minimum atomic E-state index is -1.09. The number of rotatable bonds is 2. The lowest BCUT2D eigenvalue weighted by Gasteiger charge is -2.16. The second-order valence-electron chi connectivity index (χ2n) is 5.21. The van der Waals surface area contributed by atoms with Crippen molar-refractivity contribution < 1.29 is 9.90 Å². The standard InChI is InChI=1S/C16H16N2O2/c1-10-8-14(18-15(17-10)16(19)20)13-7-6-11-4-2-3-5-12(11)9-13/h6-9H,2-5H2,1H3,(H,19,20). The summed E-state index contributed by atoms with van der Waals surface area (Å²) in [4.78, 5) is 19.1. The van der Waals surface area contributed by atoms with Gasteiger partial charge in [0.05, 0.1) is 5.69 Å². The van der Waals surface area contributed by atoms with E-state index >= 15 is 0 Å². The summed E-state index contributed by atoms with van der Waals surface area (Å²) in [7, 11) is 0. The molecule has 0 amide bonds. The van der Waals surface area contributed by atoms with Crippen LogP contribution in [0.4, 0.5) is 0 Å². The topological polar surface area (TPSA) is 63.1 Å². The molecule has 0 spiro atoms. The Morgan fingerprint density at radius 3 is 2.60 bits per heavy atom. The van der Waals surface area contributed by atoms with Gasteiger partial charge in [-0.3, -0.25) is 0 Å². The van der Waals surface area contributed by atoms with Crippen LogP contribution in [0.1, 0.15) is 40.3 Å². The van der Waals surface area contributed by atoms with Gasteiger partial charge in [-0.05, 0) is 55.9 Å². The summed E-state index contributed by atoms with van der Waals surface area (Å²) in [5.74, 6) is -1.23. The highest BCUT2D eigenvalue weighted by Crippen LogP contribution is 2.26. The Kier molecular flexibility index (Phi) is 3.22. The van der Waals surface area contributed by atoms with Crippen LogP contribution in [-0.4, -0.2) is 21.0 Å². The summed E-state index contributed by atoms with van der Waals surface area (Å²) in [6.07, 6.45) is 4.71. The van der Waals surface area contributed by atoms with Crippen LogP contribution in [0, 0.1) is 6.92 Å². The van der Waals surface area contributed by atoms with Gasteiger partial charge in [0.15, 0.2) is 0 Å².